The van der Waals surface area contributed by atoms with Gasteiger partial charge in [-0.25, -0.2) is 0 Å². The summed E-state index contributed by atoms with van der Waals surface area (Å²) in [5, 5.41) is 0. The molecule has 1 nitrogen and oxygen atoms in total. The molecule has 5 fully saturated rings. The summed E-state index contributed by atoms with van der Waals surface area (Å²) in [6.07, 6.45) is 12.4. The van der Waals surface area contributed by atoms with E-state index in [0.717, 1.165) is 28.1 Å². The molecule has 3 bridgehead atoms. The zero-order chi connectivity index (χ0) is 14.5. The molecule has 1 heteroatoms. The van der Waals surface area contributed by atoms with E-state index in [1.807, 2.05) is 0 Å². The van der Waals surface area contributed by atoms with E-state index in [9.17, 15) is 0 Å². The first-order valence-electron chi connectivity index (χ1n) is 9.56. The molecule has 0 aromatic carbocycles. The minimum absolute atomic E-state index is 0.560. The smallest absolute Gasteiger partial charge is 0.00387 e. The predicted octanol–water partition coefficient (Wildman–Crippen LogP) is 4.71. The summed E-state index contributed by atoms with van der Waals surface area (Å²) in [4.78, 5) is 2.87. The first-order valence-corrected chi connectivity index (χ1v) is 9.56. The van der Waals surface area contributed by atoms with Crippen LogP contribution in [0.3, 0.4) is 0 Å². The zero-order valence-corrected chi connectivity index (χ0v) is 14.4. The highest BCUT2D eigenvalue weighted by molar-refractivity contribution is 5.25. The van der Waals surface area contributed by atoms with Gasteiger partial charge in [0.15, 0.2) is 0 Å². The van der Waals surface area contributed by atoms with Gasteiger partial charge in [0.2, 0.25) is 0 Å². The standard InChI is InChI=1S/C20H33N/c1-17(2)5-4-6-21(13-17)14-19-8-15-7-16-10-18(3,11-19)20(16,9-15)12-19/h15-16H,4-14H2,1-3H3. The highest BCUT2D eigenvalue weighted by atomic mass is 15.1. The quantitative estimate of drug-likeness (QED) is 0.710. The van der Waals surface area contributed by atoms with Gasteiger partial charge < -0.3 is 4.90 Å². The van der Waals surface area contributed by atoms with Crippen LogP contribution in [0.2, 0.25) is 0 Å². The molecule has 5 aliphatic rings. The topological polar surface area (TPSA) is 3.24 Å². The van der Waals surface area contributed by atoms with Crippen LogP contribution in [0.25, 0.3) is 0 Å². The lowest BCUT2D eigenvalue weighted by Crippen LogP contribution is -2.50. The molecule has 4 saturated carbocycles. The second-order valence-electron chi connectivity index (χ2n) is 11.0. The molecule has 21 heavy (non-hydrogen) atoms. The molecule has 0 N–H and O–H groups in total. The number of piperidine rings is 1. The van der Waals surface area contributed by atoms with Crippen LogP contribution in [-0.4, -0.2) is 24.5 Å². The van der Waals surface area contributed by atoms with E-state index in [1.54, 1.807) is 38.5 Å². The van der Waals surface area contributed by atoms with Gasteiger partial charge in [0.1, 0.15) is 0 Å². The van der Waals surface area contributed by atoms with Crippen molar-refractivity contribution in [1.29, 1.82) is 0 Å². The highest BCUT2D eigenvalue weighted by Crippen LogP contribution is 2.84. The molecule has 1 heterocycles. The minimum atomic E-state index is 0.560. The van der Waals surface area contributed by atoms with Gasteiger partial charge in [0.05, 0.1) is 0 Å². The van der Waals surface area contributed by atoms with Crippen LogP contribution in [0.5, 0.6) is 0 Å². The molecule has 1 saturated heterocycles. The molecule has 0 aromatic rings. The first-order chi connectivity index (χ1) is 9.84. The minimum Gasteiger partial charge on any atom is -0.302 e. The number of nitrogens with zero attached hydrogens (tertiary/aromatic N) is 1. The largest absolute Gasteiger partial charge is 0.302 e. The fourth-order valence-electron chi connectivity index (χ4n) is 8.51. The molecule has 1 aliphatic heterocycles. The number of fused-ring (bicyclic) bond motifs is 2. The number of hydrogen-bond acceptors (Lipinski definition) is 1. The van der Waals surface area contributed by atoms with Crippen LogP contribution in [0, 0.1) is 33.5 Å². The van der Waals surface area contributed by atoms with E-state index in [2.05, 4.69) is 25.7 Å². The SMILES string of the molecule is CC1(C)CCCN(CC23CC4CC5CC(C)(C2)C5(C4)C3)C1. The van der Waals surface area contributed by atoms with E-state index in [4.69, 9.17) is 0 Å². The average Bonchev–Trinajstić information content (AvgIpc) is 2.63. The fraction of sp³-hybridized carbons (Fsp3) is 1.00. The Kier molecular flexibility index (Phi) is 2.37. The lowest BCUT2D eigenvalue weighted by atomic mass is 9.47. The van der Waals surface area contributed by atoms with E-state index in [-0.39, 0.29) is 0 Å². The third-order valence-corrected chi connectivity index (χ3v) is 8.67. The van der Waals surface area contributed by atoms with Crippen molar-refractivity contribution in [2.45, 2.75) is 72.1 Å². The Hall–Kier alpha value is -0.0400. The van der Waals surface area contributed by atoms with Gasteiger partial charge in [0.25, 0.3) is 0 Å². The van der Waals surface area contributed by atoms with Crippen LogP contribution in [0.1, 0.15) is 72.1 Å². The third kappa shape index (κ3) is 1.62. The molecule has 1 spiro atoms. The third-order valence-electron chi connectivity index (χ3n) is 8.67. The number of rotatable bonds is 2. The number of likely N-dealkylation sites (tertiary alicyclic amines) is 1. The Morgan fingerprint density at radius 3 is 2.71 bits per heavy atom. The first kappa shape index (κ1) is 13.4. The van der Waals surface area contributed by atoms with Crippen LogP contribution >= 0.6 is 0 Å². The normalized spacial score (nSPS) is 57.3. The van der Waals surface area contributed by atoms with Crippen molar-refractivity contribution in [2.24, 2.45) is 33.5 Å². The van der Waals surface area contributed by atoms with E-state index in [1.165, 1.54) is 32.5 Å². The summed E-state index contributed by atoms with van der Waals surface area (Å²) in [5.74, 6) is 2.24. The van der Waals surface area contributed by atoms with E-state index >= 15 is 0 Å². The van der Waals surface area contributed by atoms with Gasteiger partial charge in [-0.2, -0.15) is 0 Å². The summed E-state index contributed by atoms with van der Waals surface area (Å²) >= 11 is 0. The monoisotopic (exact) mass is 287 g/mol. The van der Waals surface area contributed by atoms with Crippen molar-refractivity contribution in [3.63, 3.8) is 0 Å². The second-order valence-corrected chi connectivity index (χ2v) is 11.0. The lowest BCUT2D eigenvalue weighted by molar-refractivity contribution is -0.0858. The summed E-state index contributed by atoms with van der Waals surface area (Å²) in [6.45, 7) is 11.8. The molecular formula is C20H33N. The molecule has 0 aromatic heterocycles. The van der Waals surface area contributed by atoms with Crippen molar-refractivity contribution in [3.05, 3.63) is 0 Å². The molecule has 4 aliphatic carbocycles. The molecule has 118 valence electrons. The Bertz CT molecular complexity index is 482. The van der Waals surface area contributed by atoms with Gasteiger partial charge in [-0.3, -0.25) is 0 Å². The summed E-state index contributed by atoms with van der Waals surface area (Å²) in [6, 6.07) is 0. The highest BCUT2D eigenvalue weighted by Gasteiger charge is 2.75. The van der Waals surface area contributed by atoms with Crippen molar-refractivity contribution in [1.82, 2.24) is 4.90 Å². The van der Waals surface area contributed by atoms with Crippen LogP contribution < -0.4 is 0 Å². The van der Waals surface area contributed by atoms with Crippen LogP contribution in [-0.2, 0) is 0 Å². The molecule has 0 amide bonds. The van der Waals surface area contributed by atoms with Crippen molar-refractivity contribution >= 4 is 0 Å². The molecule has 5 atom stereocenters. The summed E-state index contributed by atoms with van der Waals surface area (Å²) < 4.78 is 0. The predicted molar refractivity (Wildman–Crippen MR) is 87.1 cm³/mol. The van der Waals surface area contributed by atoms with Crippen molar-refractivity contribution in [2.75, 3.05) is 19.6 Å². The van der Waals surface area contributed by atoms with Crippen molar-refractivity contribution < 1.29 is 0 Å². The Labute approximate surface area is 130 Å². The summed E-state index contributed by atoms with van der Waals surface area (Å²) in [7, 11) is 0. The van der Waals surface area contributed by atoms with Crippen LogP contribution in [0.4, 0.5) is 0 Å². The molecule has 0 radical (unpaired) electrons. The maximum absolute atomic E-state index is 2.87. The Morgan fingerprint density at radius 1 is 1.05 bits per heavy atom. The van der Waals surface area contributed by atoms with Crippen molar-refractivity contribution in [3.8, 4) is 0 Å². The fourth-order valence-corrected chi connectivity index (χ4v) is 8.51. The lowest BCUT2D eigenvalue weighted by Gasteiger charge is -2.57. The van der Waals surface area contributed by atoms with Gasteiger partial charge in [-0.1, -0.05) is 20.8 Å². The average molecular weight is 287 g/mol. The molecular weight excluding hydrogens is 254 g/mol. The maximum atomic E-state index is 2.87. The second kappa shape index (κ2) is 3.71. The Balaban J connectivity index is 1.40. The molecule has 5 unspecified atom stereocenters. The molecule has 5 rings (SSSR count). The van der Waals surface area contributed by atoms with E-state index < -0.39 is 0 Å². The van der Waals surface area contributed by atoms with Gasteiger partial charge in [-0.15, -0.1) is 0 Å². The van der Waals surface area contributed by atoms with E-state index in [0.29, 0.717) is 5.41 Å². The number of hydrogen-bond donors (Lipinski definition) is 0. The maximum Gasteiger partial charge on any atom is 0.00387 e. The zero-order valence-electron chi connectivity index (χ0n) is 14.4. The Morgan fingerprint density at radius 2 is 1.90 bits per heavy atom. The van der Waals surface area contributed by atoms with Gasteiger partial charge >= 0.3 is 0 Å². The van der Waals surface area contributed by atoms with Crippen LogP contribution in [0.15, 0.2) is 0 Å². The summed E-state index contributed by atoms with van der Waals surface area (Å²) in [5.41, 5.74) is 2.84. The van der Waals surface area contributed by atoms with Gasteiger partial charge in [-0.05, 0) is 91.4 Å². The van der Waals surface area contributed by atoms with Gasteiger partial charge in [0, 0.05) is 13.1 Å².